The number of hydrogen-bond donors (Lipinski definition) is 1. The first-order valence-corrected chi connectivity index (χ1v) is 10.8. The molecule has 2 aromatic carbocycles. The van der Waals surface area contributed by atoms with Gasteiger partial charge in [-0.15, -0.1) is 11.3 Å². The zero-order valence-corrected chi connectivity index (χ0v) is 17.0. The van der Waals surface area contributed by atoms with Gasteiger partial charge in [-0.25, -0.2) is 9.37 Å². The second kappa shape index (κ2) is 7.14. The van der Waals surface area contributed by atoms with E-state index in [0.717, 1.165) is 15.8 Å². The lowest BCUT2D eigenvalue weighted by molar-refractivity contribution is -0.143. The molecule has 2 fully saturated rings. The van der Waals surface area contributed by atoms with E-state index in [2.05, 4.69) is 4.98 Å². The summed E-state index contributed by atoms with van der Waals surface area (Å²) < 4.78 is 15.8. The van der Waals surface area contributed by atoms with Crippen LogP contribution in [0, 0.1) is 5.82 Å². The van der Waals surface area contributed by atoms with Gasteiger partial charge in [-0.1, -0.05) is 12.1 Å². The molecule has 1 saturated heterocycles. The molecule has 0 radical (unpaired) electrons. The fourth-order valence-electron chi connectivity index (χ4n) is 3.83. The number of hydrogen-bond acceptors (Lipinski definition) is 5. The average Bonchev–Trinajstić information content (AvgIpc) is 3.34. The van der Waals surface area contributed by atoms with Crippen LogP contribution in [0.15, 0.2) is 41.9 Å². The number of carbonyl (C=O) groups is 2. The number of amides is 2. The molecule has 30 heavy (non-hydrogen) atoms. The van der Waals surface area contributed by atoms with Gasteiger partial charge in [0.2, 0.25) is 0 Å². The molecule has 1 aliphatic heterocycles. The molecule has 0 atom stereocenters. The smallest absolute Gasteiger partial charge is 0.254 e. The van der Waals surface area contributed by atoms with Crippen LogP contribution in [-0.4, -0.2) is 63.5 Å². The van der Waals surface area contributed by atoms with Gasteiger partial charge >= 0.3 is 0 Å². The second-order valence-electron chi connectivity index (χ2n) is 7.85. The summed E-state index contributed by atoms with van der Waals surface area (Å²) in [5.41, 5.74) is 2.92. The first-order valence-electron chi connectivity index (χ1n) is 9.89. The van der Waals surface area contributed by atoms with Crippen LogP contribution >= 0.6 is 11.3 Å². The molecule has 1 aliphatic carbocycles. The maximum absolute atomic E-state index is 14.8. The van der Waals surface area contributed by atoms with E-state index in [9.17, 15) is 19.1 Å². The van der Waals surface area contributed by atoms with Crippen molar-refractivity contribution in [1.82, 2.24) is 14.8 Å². The van der Waals surface area contributed by atoms with Crippen molar-refractivity contribution in [3.63, 3.8) is 0 Å². The predicted molar refractivity (Wildman–Crippen MR) is 112 cm³/mol. The predicted octanol–water partition coefficient (Wildman–Crippen LogP) is 2.91. The lowest BCUT2D eigenvalue weighted by Gasteiger charge is -2.35. The maximum Gasteiger partial charge on any atom is 0.254 e. The van der Waals surface area contributed by atoms with Gasteiger partial charge in [0.1, 0.15) is 11.4 Å². The standard InChI is InChI=1S/C22H20FN3O3S/c23-17-11-15(1-3-16(17)14-2-4-18-19(12-14)30-13-24-18)20(27)25-7-9-26(10-8-25)21(28)22(29)5-6-22/h1-4,11-13,29H,5-10H2. The minimum atomic E-state index is -1.19. The Balaban J connectivity index is 1.29. The van der Waals surface area contributed by atoms with Gasteiger partial charge in [0.25, 0.3) is 11.8 Å². The van der Waals surface area contributed by atoms with Gasteiger partial charge in [-0.2, -0.15) is 0 Å². The molecule has 6 nitrogen and oxygen atoms in total. The van der Waals surface area contributed by atoms with Crippen molar-refractivity contribution >= 4 is 33.4 Å². The lowest BCUT2D eigenvalue weighted by Crippen LogP contribution is -2.53. The lowest BCUT2D eigenvalue weighted by atomic mass is 10.0. The van der Waals surface area contributed by atoms with E-state index in [1.165, 1.54) is 17.4 Å². The molecule has 1 N–H and O–H groups in total. The van der Waals surface area contributed by atoms with E-state index < -0.39 is 11.4 Å². The zero-order chi connectivity index (χ0) is 20.9. The van der Waals surface area contributed by atoms with E-state index in [1.807, 2.05) is 18.2 Å². The Morgan fingerprint density at radius 1 is 1.03 bits per heavy atom. The molecule has 8 heteroatoms. The average molecular weight is 425 g/mol. The molecule has 1 saturated carbocycles. The minimum absolute atomic E-state index is 0.247. The van der Waals surface area contributed by atoms with E-state index in [0.29, 0.717) is 44.6 Å². The highest BCUT2D eigenvalue weighted by Crippen LogP contribution is 2.37. The molecule has 2 amide bonds. The van der Waals surface area contributed by atoms with Crippen LogP contribution in [0.25, 0.3) is 21.3 Å². The van der Waals surface area contributed by atoms with Crippen LogP contribution in [0.3, 0.4) is 0 Å². The number of fused-ring (bicyclic) bond motifs is 1. The Morgan fingerprint density at radius 2 is 1.77 bits per heavy atom. The summed E-state index contributed by atoms with van der Waals surface area (Å²) in [5.74, 6) is -0.951. The van der Waals surface area contributed by atoms with Gasteiger partial charge in [0, 0.05) is 37.3 Å². The third kappa shape index (κ3) is 3.36. The normalized spacial score (nSPS) is 17.9. The Morgan fingerprint density at radius 3 is 2.47 bits per heavy atom. The highest BCUT2D eigenvalue weighted by atomic mass is 32.1. The molecule has 0 unspecified atom stereocenters. The van der Waals surface area contributed by atoms with Gasteiger partial charge in [-0.05, 0) is 42.7 Å². The minimum Gasteiger partial charge on any atom is -0.380 e. The molecule has 2 aliphatic rings. The van der Waals surface area contributed by atoms with Crippen molar-refractivity contribution in [3.05, 3.63) is 53.3 Å². The number of benzene rings is 2. The van der Waals surface area contributed by atoms with E-state index in [4.69, 9.17) is 0 Å². The molecule has 1 aromatic heterocycles. The Hall–Kier alpha value is -2.84. The van der Waals surface area contributed by atoms with Gasteiger partial charge in [0.05, 0.1) is 15.7 Å². The third-order valence-electron chi connectivity index (χ3n) is 5.83. The molecular weight excluding hydrogens is 405 g/mol. The van der Waals surface area contributed by atoms with Crippen LogP contribution in [0.4, 0.5) is 4.39 Å². The number of nitrogens with zero attached hydrogens (tertiary/aromatic N) is 3. The first kappa shape index (κ1) is 19.1. The van der Waals surface area contributed by atoms with Crippen molar-refractivity contribution in [2.75, 3.05) is 26.2 Å². The van der Waals surface area contributed by atoms with Crippen molar-refractivity contribution in [2.45, 2.75) is 18.4 Å². The SMILES string of the molecule is O=C(c1ccc(-c2ccc3ncsc3c2)c(F)c1)N1CCN(C(=O)C2(O)CC2)CC1. The summed E-state index contributed by atoms with van der Waals surface area (Å²) in [5, 5.41) is 9.98. The quantitative estimate of drug-likeness (QED) is 0.700. The summed E-state index contributed by atoms with van der Waals surface area (Å²) in [6.07, 6.45) is 1.01. The number of rotatable bonds is 3. The van der Waals surface area contributed by atoms with Crippen LogP contribution in [0.5, 0.6) is 0 Å². The van der Waals surface area contributed by atoms with Gasteiger partial charge in [-0.3, -0.25) is 9.59 Å². The number of carbonyl (C=O) groups excluding carboxylic acids is 2. The Bertz CT molecular complexity index is 1150. The summed E-state index contributed by atoms with van der Waals surface area (Å²) in [6, 6.07) is 10.1. The largest absolute Gasteiger partial charge is 0.380 e. The van der Waals surface area contributed by atoms with Crippen LogP contribution in [-0.2, 0) is 4.79 Å². The molecule has 0 bridgehead atoms. The van der Waals surface area contributed by atoms with Crippen molar-refractivity contribution < 1.29 is 19.1 Å². The number of thiazole rings is 1. The van der Waals surface area contributed by atoms with Crippen molar-refractivity contribution in [3.8, 4) is 11.1 Å². The van der Waals surface area contributed by atoms with Gasteiger partial charge in [0.15, 0.2) is 0 Å². The monoisotopic (exact) mass is 425 g/mol. The van der Waals surface area contributed by atoms with Crippen molar-refractivity contribution in [2.24, 2.45) is 0 Å². The van der Waals surface area contributed by atoms with Crippen molar-refractivity contribution in [1.29, 1.82) is 0 Å². The summed E-state index contributed by atoms with van der Waals surface area (Å²) >= 11 is 1.50. The number of halogens is 1. The zero-order valence-electron chi connectivity index (χ0n) is 16.2. The van der Waals surface area contributed by atoms with Gasteiger partial charge < -0.3 is 14.9 Å². The fourth-order valence-corrected chi connectivity index (χ4v) is 4.54. The summed E-state index contributed by atoms with van der Waals surface area (Å²) in [6.45, 7) is 1.49. The third-order valence-corrected chi connectivity index (χ3v) is 6.63. The topological polar surface area (TPSA) is 73.7 Å². The molecule has 154 valence electrons. The van der Waals surface area contributed by atoms with E-state index in [1.54, 1.807) is 27.4 Å². The molecular formula is C22H20FN3O3S. The summed E-state index contributed by atoms with van der Waals surface area (Å²) in [4.78, 5) is 32.5. The maximum atomic E-state index is 14.8. The Labute approximate surface area is 176 Å². The molecule has 5 rings (SSSR count). The molecule has 3 aromatic rings. The fraction of sp³-hybridized carbons (Fsp3) is 0.318. The summed E-state index contributed by atoms with van der Waals surface area (Å²) in [7, 11) is 0. The number of piperazine rings is 1. The first-order chi connectivity index (χ1) is 14.4. The highest BCUT2D eigenvalue weighted by Gasteiger charge is 2.50. The Kier molecular flexibility index (Phi) is 4.56. The van der Waals surface area contributed by atoms with E-state index in [-0.39, 0.29) is 17.4 Å². The van der Waals surface area contributed by atoms with Crippen LogP contribution < -0.4 is 0 Å². The second-order valence-corrected chi connectivity index (χ2v) is 8.73. The van der Waals surface area contributed by atoms with E-state index >= 15 is 0 Å². The highest BCUT2D eigenvalue weighted by molar-refractivity contribution is 7.16. The van der Waals surface area contributed by atoms with Crippen LogP contribution in [0.2, 0.25) is 0 Å². The van der Waals surface area contributed by atoms with Crippen LogP contribution in [0.1, 0.15) is 23.2 Å². The number of aromatic nitrogens is 1. The molecule has 0 spiro atoms. The number of aliphatic hydroxyl groups is 1. The molecule has 2 heterocycles.